The number of ether oxygens (including phenoxy) is 1. The van der Waals surface area contributed by atoms with E-state index in [0.29, 0.717) is 11.4 Å². The quantitative estimate of drug-likeness (QED) is 0.827. The second-order valence-corrected chi connectivity index (χ2v) is 5.33. The second-order valence-electron chi connectivity index (χ2n) is 4.53. The number of halogens is 1. The van der Waals surface area contributed by atoms with Crippen LogP contribution in [0.3, 0.4) is 0 Å². The summed E-state index contributed by atoms with van der Waals surface area (Å²) in [7, 11) is 0. The van der Waals surface area contributed by atoms with Gasteiger partial charge in [0.05, 0.1) is 0 Å². The van der Waals surface area contributed by atoms with Gasteiger partial charge >= 0.3 is 5.97 Å². The molecule has 2 aromatic rings. The smallest absolute Gasteiger partial charge is 0.339 e. The predicted octanol–water partition coefficient (Wildman–Crippen LogP) is 4.14. The van der Waals surface area contributed by atoms with Crippen molar-refractivity contribution < 1.29 is 14.6 Å². The van der Waals surface area contributed by atoms with E-state index in [2.05, 4.69) is 15.9 Å². The van der Waals surface area contributed by atoms with Gasteiger partial charge in [-0.2, -0.15) is 0 Å². The number of hydrogen-bond donors (Lipinski definition) is 2. The zero-order valence-electron chi connectivity index (χ0n) is 11.1. The number of nitrogens with two attached hydrogens (primary N) is 1. The molecule has 0 fully saturated rings. The zero-order valence-corrected chi connectivity index (χ0v) is 12.7. The Morgan fingerprint density at radius 3 is 2.35 bits per heavy atom. The molecule has 0 amide bonds. The summed E-state index contributed by atoms with van der Waals surface area (Å²) in [5.41, 5.74) is 8.25. The van der Waals surface area contributed by atoms with E-state index in [0.717, 1.165) is 15.6 Å². The Balaban J connectivity index is 2.44. The molecule has 20 heavy (non-hydrogen) atoms. The van der Waals surface area contributed by atoms with E-state index in [9.17, 15) is 4.79 Å². The van der Waals surface area contributed by atoms with Gasteiger partial charge in [-0.15, -0.1) is 0 Å². The summed E-state index contributed by atoms with van der Waals surface area (Å²) in [6.45, 7) is 3.89. The maximum Gasteiger partial charge on any atom is 0.339 e. The van der Waals surface area contributed by atoms with Gasteiger partial charge in [0.25, 0.3) is 0 Å². The second kappa shape index (κ2) is 5.54. The summed E-state index contributed by atoms with van der Waals surface area (Å²) in [6.07, 6.45) is 0. The summed E-state index contributed by atoms with van der Waals surface area (Å²) in [4.78, 5) is 11.2. The minimum absolute atomic E-state index is 0.0809. The molecule has 4 nitrogen and oxygen atoms in total. The Hall–Kier alpha value is -2.01. The molecule has 5 heteroatoms. The molecule has 0 unspecified atom stereocenters. The van der Waals surface area contributed by atoms with Crippen LogP contribution in [0.25, 0.3) is 0 Å². The molecule has 0 saturated carbocycles. The van der Waals surface area contributed by atoms with Crippen molar-refractivity contribution in [2.24, 2.45) is 0 Å². The Morgan fingerprint density at radius 2 is 1.80 bits per heavy atom. The van der Waals surface area contributed by atoms with Crippen LogP contribution in [0.5, 0.6) is 11.5 Å². The highest BCUT2D eigenvalue weighted by molar-refractivity contribution is 9.10. The van der Waals surface area contributed by atoms with Crippen LogP contribution in [0.1, 0.15) is 21.5 Å². The van der Waals surface area contributed by atoms with E-state index >= 15 is 0 Å². The molecule has 0 spiro atoms. The number of carboxylic acid groups (broad SMARTS) is 1. The molecule has 0 radical (unpaired) electrons. The Morgan fingerprint density at radius 1 is 1.20 bits per heavy atom. The molecule has 0 aromatic heterocycles. The molecule has 0 aliphatic heterocycles. The SMILES string of the molecule is Cc1cc(Oc2cc(N)ccc2C(=O)O)cc(C)c1Br. The van der Waals surface area contributed by atoms with Gasteiger partial charge in [0.2, 0.25) is 0 Å². The number of carbonyl (C=O) groups is 1. The van der Waals surface area contributed by atoms with Crippen LogP contribution >= 0.6 is 15.9 Å². The molecule has 0 bridgehead atoms. The van der Waals surface area contributed by atoms with Crippen molar-refractivity contribution in [3.8, 4) is 11.5 Å². The lowest BCUT2D eigenvalue weighted by molar-refractivity contribution is 0.0694. The molecule has 0 aliphatic carbocycles. The molecule has 0 aliphatic rings. The highest BCUT2D eigenvalue weighted by atomic mass is 79.9. The largest absolute Gasteiger partial charge is 0.478 e. The van der Waals surface area contributed by atoms with Crippen LogP contribution in [0.2, 0.25) is 0 Å². The molecule has 2 rings (SSSR count). The van der Waals surface area contributed by atoms with Gasteiger partial charge in [-0.05, 0) is 49.2 Å². The van der Waals surface area contributed by atoms with Gasteiger partial charge in [-0.25, -0.2) is 4.79 Å². The van der Waals surface area contributed by atoms with Crippen molar-refractivity contribution in [2.75, 3.05) is 5.73 Å². The van der Waals surface area contributed by atoms with Crippen LogP contribution in [-0.2, 0) is 0 Å². The van der Waals surface area contributed by atoms with E-state index in [1.165, 1.54) is 18.2 Å². The van der Waals surface area contributed by atoms with E-state index in [4.69, 9.17) is 15.6 Å². The van der Waals surface area contributed by atoms with E-state index in [1.807, 2.05) is 26.0 Å². The van der Waals surface area contributed by atoms with Crippen molar-refractivity contribution in [2.45, 2.75) is 13.8 Å². The third-order valence-corrected chi connectivity index (χ3v) is 4.12. The molecule has 0 saturated heterocycles. The lowest BCUT2D eigenvalue weighted by Crippen LogP contribution is -2.01. The number of aromatic carboxylic acids is 1. The lowest BCUT2D eigenvalue weighted by atomic mass is 10.1. The van der Waals surface area contributed by atoms with Gasteiger partial charge < -0.3 is 15.6 Å². The first-order valence-electron chi connectivity index (χ1n) is 5.96. The van der Waals surface area contributed by atoms with Gasteiger partial charge in [0.15, 0.2) is 0 Å². The van der Waals surface area contributed by atoms with E-state index in [-0.39, 0.29) is 11.3 Å². The first-order valence-corrected chi connectivity index (χ1v) is 6.75. The summed E-state index contributed by atoms with van der Waals surface area (Å²) in [6, 6.07) is 8.16. The number of rotatable bonds is 3. The molecule has 0 heterocycles. The standard InChI is InChI=1S/C15H14BrNO3/c1-8-5-11(6-9(2)14(8)16)20-13-7-10(17)3-4-12(13)15(18)19/h3-7H,17H2,1-2H3,(H,18,19). The lowest BCUT2D eigenvalue weighted by Gasteiger charge is -2.12. The fourth-order valence-corrected chi connectivity index (χ4v) is 2.12. The van der Waals surface area contributed by atoms with Crippen molar-refractivity contribution in [1.29, 1.82) is 0 Å². The van der Waals surface area contributed by atoms with Gasteiger partial charge in [-0.1, -0.05) is 15.9 Å². The van der Waals surface area contributed by atoms with Crippen LogP contribution in [0, 0.1) is 13.8 Å². The third-order valence-electron chi connectivity index (χ3n) is 2.87. The molecule has 2 aromatic carbocycles. The first kappa shape index (κ1) is 14.4. The number of anilines is 1. The Bertz CT molecular complexity index is 660. The molecular weight excluding hydrogens is 322 g/mol. The third kappa shape index (κ3) is 2.93. The summed E-state index contributed by atoms with van der Waals surface area (Å²) >= 11 is 3.48. The fourth-order valence-electron chi connectivity index (χ4n) is 1.89. The number of nitrogen functional groups attached to an aromatic ring is 1. The van der Waals surface area contributed by atoms with Crippen LogP contribution in [0.4, 0.5) is 5.69 Å². The number of carboxylic acids is 1. The first-order chi connectivity index (χ1) is 9.38. The van der Waals surface area contributed by atoms with Gasteiger partial charge in [0.1, 0.15) is 17.1 Å². The average Bonchev–Trinajstić information content (AvgIpc) is 2.35. The maximum absolute atomic E-state index is 11.2. The van der Waals surface area contributed by atoms with Crippen molar-refractivity contribution in [3.05, 3.63) is 51.5 Å². The number of hydrogen-bond acceptors (Lipinski definition) is 3. The topological polar surface area (TPSA) is 72.5 Å². The minimum Gasteiger partial charge on any atom is -0.478 e. The predicted molar refractivity (Wildman–Crippen MR) is 81.5 cm³/mol. The average molecular weight is 336 g/mol. The Kier molecular flexibility index (Phi) is 3.99. The summed E-state index contributed by atoms with van der Waals surface area (Å²) < 4.78 is 6.70. The van der Waals surface area contributed by atoms with Crippen molar-refractivity contribution in [1.82, 2.24) is 0 Å². The maximum atomic E-state index is 11.2. The molecule has 3 N–H and O–H groups in total. The monoisotopic (exact) mass is 335 g/mol. The summed E-state index contributed by atoms with van der Waals surface area (Å²) in [5, 5.41) is 9.16. The van der Waals surface area contributed by atoms with E-state index < -0.39 is 5.97 Å². The van der Waals surface area contributed by atoms with Gasteiger partial charge in [0, 0.05) is 16.2 Å². The highest BCUT2D eigenvalue weighted by Crippen LogP contribution is 2.32. The van der Waals surface area contributed by atoms with E-state index in [1.54, 1.807) is 0 Å². The number of benzene rings is 2. The minimum atomic E-state index is -1.05. The zero-order chi connectivity index (χ0) is 14.9. The van der Waals surface area contributed by atoms with Crippen molar-refractivity contribution >= 4 is 27.6 Å². The van der Waals surface area contributed by atoms with Gasteiger partial charge in [-0.3, -0.25) is 0 Å². The van der Waals surface area contributed by atoms with Crippen molar-refractivity contribution in [3.63, 3.8) is 0 Å². The van der Waals surface area contributed by atoms with Crippen LogP contribution in [-0.4, -0.2) is 11.1 Å². The highest BCUT2D eigenvalue weighted by Gasteiger charge is 2.13. The Labute approximate surface area is 125 Å². The summed E-state index contributed by atoms with van der Waals surface area (Å²) in [5.74, 6) is -0.236. The molecular formula is C15H14BrNO3. The molecule has 104 valence electrons. The number of aryl methyl sites for hydroxylation is 2. The fraction of sp³-hybridized carbons (Fsp3) is 0.133. The van der Waals surface area contributed by atoms with Crippen LogP contribution < -0.4 is 10.5 Å². The normalized spacial score (nSPS) is 10.3. The van der Waals surface area contributed by atoms with Crippen LogP contribution in [0.15, 0.2) is 34.8 Å². The molecule has 0 atom stereocenters.